The molecule has 0 radical (unpaired) electrons. The molecular formula is C33H34ClN5O3. The van der Waals surface area contributed by atoms with Gasteiger partial charge in [0.1, 0.15) is 0 Å². The van der Waals surface area contributed by atoms with Gasteiger partial charge in [0, 0.05) is 48.7 Å². The van der Waals surface area contributed by atoms with E-state index in [9.17, 15) is 9.59 Å². The van der Waals surface area contributed by atoms with Crippen LogP contribution < -0.4 is 10.1 Å². The largest absolute Gasteiger partial charge is 0.493 e. The second-order valence-electron chi connectivity index (χ2n) is 11.4. The minimum Gasteiger partial charge on any atom is -0.493 e. The van der Waals surface area contributed by atoms with Crippen LogP contribution in [-0.2, 0) is 11.2 Å². The van der Waals surface area contributed by atoms with Gasteiger partial charge in [-0.3, -0.25) is 14.6 Å². The predicted octanol–water partition coefficient (Wildman–Crippen LogP) is 5.46. The van der Waals surface area contributed by atoms with E-state index in [1.54, 1.807) is 31.6 Å². The number of ketones is 1. The summed E-state index contributed by atoms with van der Waals surface area (Å²) in [5.74, 6) is 7.88. The number of nitrogens with one attached hydrogen (secondary N) is 2. The topological polar surface area (TPSA) is 90.6 Å². The van der Waals surface area contributed by atoms with Crippen LogP contribution in [0.15, 0.2) is 48.8 Å². The zero-order valence-electron chi connectivity index (χ0n) is 24.0. The molecular weight excluding hydrogens is 550 g/mol. The van der Waals surface area contributed by atoms with E-state index in [1.807, 2.05) is 48.2 Å². The van der Waals surface area contributed by atoms with Crippen molar-refractivity contribution in [3.05, 3.63) is 70.7 Å². The maximum atomic E-state index is 13.2. The molecule has 2 N–H and O–H groups in total. The Balaban J connectivity index is 1.37. The Morgan fingerprint density at radius 3 is 2.95 bits per heavy atom. The number of rotatable bonds is 7. The number of methoxy groups -OCH3 is 1. The molecule has 0 spiro atoms. The number of hydrogen-bond donors (Lipinski definition) is 2. The summed E-state index contributed by atoms with van der Waals surface area (Å²) in [6.45, 7) is 0.711. The molecule has 1 aliphatic heterocycles. The highest BCUT2D eigenvalue weighted by atomic mass is 35.5. The molecule has 8 nitrogen and oxygen atoms in total. The van der Waals surface area contributed by atoms with Gasteiger partial charge in [-0.2, -0.15) is 0 Å². The number of ether oxygens (including phenoxy) is 1. The summed E-state index contributed by atoms with van der Waals surface area (Å²) in [4.78, 5) is 38.1. The molecule has 3 aliphatic rings. The molecule has 1 saturated heterocycles. The minimum atomic E-state index is -0.148. The summed E-state index contributed by atoms with van der Waals surface area (Å²) in [7, 11) is 5.52. The smallest absolute Gasteiger partial charge is 0.247 e. The number of anilines is 2. The van der Waals surface area contributed by atoms with Crippen LogP contribution >= 0.6 is 11.6 Å². The van der Waals surface area contributed by atoms with Gasteiger partial charge in [-0.05, 0) is 63.9 Å². The second-order valence-corrected chi connectivity index (χ2v) is 11.8. The lowest BCUT2D eigenvalue weighted by Gasteiger charge is -2.22. The molecule has 6 rings (SSSR count). The van der Waals surface area contributed by atoms with Crippen molar-refractivity contribution in [2.24, 2.45) is 5.92 Å². The van der Waals surface area contributed by atoms with Crippen LogP contribution in [0.4, 0.5) is 11.4 Å². The number of benzene rings is 1. The SMILES string of the molecule is COc1c(Cl)cccc1Nc1c(-c2ccncc2C#C[C@H]2C[C@H]3C[C@H]3N2C(=O)/C=C/CN(C)C)[nH]c2c1C(=O)CCC2. The van der Waals surface area contributed by atoms with Crippen molar-refractivity contribution in [1.29, 1.82) is 0 Å². The van der Waals surface area contributed by atoms with E-state index < -0.39 is 0 Å². The highest BCUT2D eigenvalue weighted by Gasteiger charge is 2.53. The minimum absolute atomic E-state index is 0.0186. The zero-order valence-corrected chi connectivity index (χ0v) is 24.8. The van der Waals surface area contributed by atoms with Crippen LogP contribution in [0.2, 0.25) is 5.02 Å². The lowest BCUT2D eigenvalue weighted by atomic mass is 9.94. The molecule has 1 saturated carbocycles. The van der Waals surface area contributed by atoms with Gasteiger partial charge in [0.05, 0.1) is 46.4 Å². The van der Waals surface area contributed by atoms with Crippen molar-refractivity contribution in [2.45, 2.75) is 44.2 Å². The lowest BCUT2D eigenvalue weighted by molar-refractivity contribution is -0.126. The molecule has 0 bridgehead atoms. The van der Waals surface area contributed by atoms with Crippen molar-refractivity contribution in [3.8, 4) is 28.8 Å². The monoisotopic (exact) mass is 583 g/mol. The number of aromatic nitrogens is 2. The fourth-order valence-corrected chi connectivity index (χ4v) is 6.35. The molecule has 2 fully saturated rings. The van der Waals surface area contributed by atoms with Crippen molar-refractivity contribution >= 4 is 34.7 Å². The van der Waals surface area contributed by atoms with Gasteiger partial charge < -0.3 is 24.8 Å². The Morgan fingerprint density at radius 2 is 2.14 bits per heavy atom. The lowest BCUT2D eigenvalue weighted by Crippen LogP contribution is -2.36. The van der Waals surface area contributed by atoms with Gasteiger partial charge in [0.25, 0.3) is 0 Å². The molecule has 3 aromatic rings. The summed E-state index contributed by atoms with van der Waals surface area (Å²) in [6.07, 6.45) is 11.0. The van der Waals surface area contributed by atoms with Crippen LogP contribution in [-0.4, -0.2) is 71.3 Å². The average molecular weight is 584 g/mol. The number of carbonyl (C=O) groups is 2. The summed E-state index contributed by atoms with van der Waals surface area (Å²) < 4.78 is 5.58. The molecule has 3 heterocycles. The molecule has 1 amide bonds. The fourth-order valence-electron chi connectivity index (χ4n) is 6.10. The second kappa shape index (κ2) is 11.7. The quantitative estimate of drug-likeness (QED) is 0.284. The number of para-hydroxylation sites is 1. The molecule has 2 aliphatic carbocycles. The molecule has 9 heteroatoms. The van der Waals surface area contributed by atoms with Crippen LogP contribution in [0.5, 0.6) is 5.75 Å². The highest BCUT2D eigenvalue weighted by Crippen LogP contribution is 2.48. The fraction of sp³-hybridized carbons (Fsp3) is 0.364. The Hall–Kier alpha value is -4.06. The summed E-state index contributed by atoms with van der Waals surface area (Å²) in [5.41, 5.74) is 5.21. The van der Waals surface area contributed by atoms with Gasteiger partial charge in [0.2, 0.25) is 5.91 Å². The number of fused-ring (bicyclic) bond motifs is 2. The van der Waals surface area contributed by atoms with Crippen LogP contribution in [0.3, 0.4) is 0 Å². The number of H-pyrrole nitrogens is 1. The third kappa shape index (κ3) is 5.42. The number of likely N-dealkylation sites (tertiary alicyclic amines) is 1. The molecule has 216 valence electrons. The van der Waals surface area contributed by atoms with E-state index in [4.69, 9.17) is 16.3 Å². The first-order valence-electron chi connectivity index (χ1n) is 14.3. The standard InChI is InChI=1S/C33H34ClN5O3/c1-38(2)16-6-11-29(41)39-22(17-21-18-27(21)39)13-12-20-19-35-15-14-23(20)31-32(30-25(36-31)8-5-10-28(30)40)37-26-9-4-7-24(34)33(26)42-3/h4,6-7,9,11,14-15,19,21-22,27,36-37H,5,8,10,16-18H2,1-3H3/b11-6+/t21-,22-,27+/m0/s1. The third-order valence-electron chi connectivity index (χ3n) is 8.17. The van der Waals surface area contributed by atoms with Crippen molar-refractivity contribution in [1.82, 2.24) is 19.8 Å². The number of pyridine rings is 1. The third-order valence-corrected chi connectivity index (χ3v) is 8.47. The van der Waals surface area contributed by atoms with Crippen LogP contribution in [0.25, 0.3) is 11.3 Å². The van der Waals surface area contributed by atoms with Crippen molar-refractivity contribution in [3.63, 3.8) is 0 Å². The summed E-state index contributed by atoms with van der Waals surface area (Å²) >= 11 is 6.42. The van der Waals surface area contributed by atoms with E-state index in [0.717, 1.165) is 48.2 Å². The van der Waals surface area contributed by atoms with Gasteiger partial charge >= 0.3 is 0 Å². The molecule has 3 atom stereocenters. The number of carbonyl (C=O) groups excluding carboxylic acids is 2. The number of halogens is 1. The van der Waals surface area contributed by atoms with E-state index >= 15 is 0 Å². The molecule has 1 aromatic carbocycles. The molecule has 42 heavy (non-hydrogen) atoms. The van der Waals surface area contributed by atoms with Crippen LogP contribution in [0, 0.1) is 17.8 Å². The predicted molar refractivity (Wildman–Crippen MR) is 164 cm³/mol. The zero-order chi connectivity index (χ0) is 29.4. The normalized spacial score (nSPS) is 20.7. The Bertz CT molecular complexity index is 1630. The number of Topliss-reactive ketones (excluding diaryl/α,β-unsaturated/α-hetero) is 1. The van der Waals surface area contributed by atoms with Gasteiger partial charge in [-0.15, -0.1) is 0 Å². The van der Waals surface area contributed by atoms with Gasteiger partial charge in [0.15, 0.2) is 11.5 Å². The number of aromatic amines is 1. The number of piperidine rings is 1. The summed E-state index contributed by atoms with van der Waals surface area (Å²) in [6, 6.07) is 7.51. The van der Waals surface area contributed by atoms with E-state index in [2.05, 4.69) is 27.1 Å². The highest BCUT2D eigenvalue weighted by molar-refractivity contribution is 6.32. The molecule has 2 aromatic heterocycles. The number of likely N-dealkylation sites (N-methyl/N-ethyl adjacent to an activating group) is 1. The number of amides is 1. The van der Waals surface area contributed by atoms with Crippen molar-refractivity contribution < 1.29 is 14.3 Å². The first-order chi connectivity index (χ1) is 20.4. The van der Waals surface area contributed by atoms with Crippen LogP contribution in [0.1, 0.15) is 47.3 Å². The number of nitrogens with zero attached hydrogens (tertiary/aromatic N) is 3. The van der Waals surface area contributed by atoms with Gasteiger partial charge in [-0.25, -0.2) is 0 Å². The van der Waals surface area contributed by atoms with E-state index in [1.165, 1.54) is 0 Å². The molecule has 0 unspecified atom stereocenters. The number of aryl methyl sites for hydroxylation is 1. The average Bonchev–Trinajstić information content (AvgIpc) is 3.47. The first kappa shape index (κ1) is 28.1. The van der Waals surface area contributed by atoms with Crippen molar-refractivity contribution in [2.75, 3.05) is 33.1 Å². The number of hydrogen-bond acceptors (Lipinski definition) is 6. The Labute approximate surface area is 251 Å². The Morgan fingerprint density at radius 1 is 1.29 bits per heavy atom. The maximum Gasteiger partial charge on any atom is 0.247 e. The van der Waals surface area contributed by atoms with E-state index in [-0.39, 0.29) is 23.8 Å². The maximum absolute atomic E-state index is 13.2. The first-order valence-corrected chi connectivity index (χ1v) is 14.7. The van der Waals surface area contributed by atoms with Gasteiger partial charge in [-0.1, -0.05) is 35.6 Å². The Kier molecular flexibility index (Phi) is 7.80. The van der Waals surface area contributed by atoms with E-state index in [0.29, 0.717) is 46.6 Å². The summed E-state index contributed by atoms with van der Waals surface area (Å²) in [5, 5.41) is 3.93.